The highest BCUT2D eigenvalue weighted by molar-refractivity contribution is 6.34. The minimum Gasteiger partial charge on any atom is -0.320 e. The normalized spacial score (nSPS) is 11.7. The van der Waals surface area contributed by atoms with Crippen LogP contribution in [0.1, 0.15) is 41.4 Å². The molecule has 3 nitrogen and oxygen atoms in total. The number of aromatic nitrogens is 1. The SMILES string of the molecule is CC(C)c1cc(Cl)ccc1NC(=O)c1ncc(C(F)(F)F)cc1Cl. The highest BCUT2D eigenvalue weighted by Crippen LogP contribution is 2.32. The van der Waals surface area contributed by atoms with Crippen molar-refractivity contribution in [3.8, 4) is 0 Å². The maximum Gasteiger partial charge on any atom is 0.417 e. The molecule has 0 aliphatic carbocycles. The van der Waals surface area contributed by atoms with E-state index in [1.807, 2.05) is 13.8 Å². The highest BCUT2D eigenvalue weighted by atomic mass is 35.5. The highest BCUT2D eigenvalue weighted by Gasteiger charge is 2.32. The summed E-state index contributed by atoms with van der Waals surface area (Å²) < 4.78 is 37.8. The summed E-state index contributed by atoms with van der Waals surface area (Å²) in [5, 5.41) is 2.75. The summed E-state index contributed by atoms with van der Waals surface area (Å²) in [6, 6.07) is 5.61. The molecule has 24 heavy (non-hydrogen) atoms. The predicted octanol–water partition coefficient (Wildman–Crippen LogP) is 5.78. The summed E-state index contributed by atoms with van der Waals surface area (Å²) in [6.45, 7) is 3.84. The minimum atomic E-state index is -4.58. The zero-order valence-electron chi connectivity index (χ0n) is 12.7. The molecular formula is C16H13Cl2F3N2O. The number of benzene rings is 1. The molecule has 0 saturated carbocycles. The second-order valence-electron chi connectivity index (χ2n) is 5.39. The van der Waals surface area contributed by atoms with Crippen molar-refractivity contribution in [2.24, 2.45) is 0 Å². The van der Waals surface area contributed by atoms with Gasteiger partial charge in [-0.3, -0.25) is 4.79 Å². The van der Waals surface area contributed by atoms with E-state index in [4.69, 9.17) is 23.2 Å². The van der Waals surface area contributed by atoms with Gasteiger partial charge in [-0.25, -0.2) is 4.98 Å². The van der Waals surface area contributed by atoms with Crippen LogP contribution in [0.15, 0.2) is 30.5 Å². The van der Waals surface area contributed by atoms with E-state index in [2.05, 4.69) is 10.3 Å². The number of alkyl halides is 3. The first-order valence-corrected chi connectivity index (χ1v) is 7.68. The van der Waals surface area contributed by atoms with Crippen LogP contribution < -0.4 is 5.32 Å². The first kappa shape index (κ1) is 18.5. The number of halogens is 5. The lowest BCUT2D eigenvalue weighted by Crippen LogP contribution is -2.17. The van der Waals surface area contributed by atoms with Crippen molar-refractivity contribution in [2.45, 2.75) is 25.9 Å². The summed E-state index contributed by atoms with van der Waals surface area (Å²) >= 11 is 11.7. The van der Waals surface area contributed by atoms with E-state index in [0.29, 0.717) is 23.0 Å². The summed E-state index contributed by atoms with van der Waals surface area (Å²) in [4.78, 5) is 15.8. The van der Waals surface area contributed by atoms with Crippen molar-refractivity contribution in [1.29, 1.82) is 0 Å². The van der Waals surface area contributed by atoms with Crippen LogP contribution in [0.25, 0.3) is 0 Å². The van der Waals surface area contributed by atoms with Crippen molar-refractivity contribution in [2.75, 3.05) is 5.32 Å². The number of nitrogens with zero attached hydrogens (tertiary/aromatic N) is 1. The zero-order valence-corrected chi connectivity index (χ0v) is 14.2. The molecule has 1 amide bonds. The summed E-state index contributed by atoms with van der Waals surface area (Å²) in [6.07, 6.45) is -4.00. The molecule has 0 fully saturated rings. The van der Waals surface area contributed by atoms with Gasteiger partial charge < -0.3 is 5.32 Å². The molecule has 0 bridgehead atoms. The van der Waals surface area contributed by atoms with Crippen molar-refractivity contribution in [3.63, 3.8) is 0 Å². The van der Waals surface area contributed by atoms with E-state index in [9.17, 15) is 18.0 Å². The van der Waals surface area contributed by atoms with Gasteiger partial charge >= 0.3 is 6.18 Å². The van der Waals surface area contributed by atoms with Crippen LogP contribution in [0.3, 0.4) is 0 Å². The van der Waals surface area contributed by atoms with Gasteiger partial charge in [0, 0.05) is 16.9 Å². The van der Waals surface area contributed by atoms with Gasteiger partial charge in [0.2, 0.25) is 0 Å². The number of carbonyl (C=O) groups is 1. The average Bonchev–Trinajstić information content (AvgIpc) is 2.47. The molecule has 1 heterocycles. The summed E-state index contributed by atoms with van der Waals surface area (Å²) in [5.74, 6) is -0.618. The second kappa shape index (κ2) is 6.99. The van der Waals surface area contributed by atoms with Gasteiger partial charge in [0.25, 0.3) is 5.91 Å². The van der Waals surface area contributed by atoms with E-state index in [1.165, 1.54) is 0 Å². The number of rotatable bonds is 3. The van der Waals surface area contributed by atoms with Gasteiger partial charge in [-0.1, -0.05) is 37.0 Å². The van der Waals surface area contributed by atoms with Crippen molar-refractivity contribution in [1.82, 2.24) is 4.98 Å². The number of pyridine rings is 1. The Morgan fingerprint density at radius 2 is 1.88 bits per heavy atom. The number of anilines is 1. The fraction of sp³-hybridized carbons (Fsp3) is 0.250. The third-order valence-corrected chi connectivity index (χ3v) is 3.79. The monoisotopic (exact) mass is 376 g/mol. The van der Waals surface area contributed by atoms with Crippen LogP contribution >= 0.6 is 23.2 Å². The molecule has 1 N–H and O–H groups in total. The molecule has 2 aromatic rings. The van der Waals surface area contributed by atoms with Crippen LogP contribution in [0.4, 0.5) is 18.9 Å². The Balaban J connectivity index is 2.31. The maximum atomic E-state index is 12.6. The number of amides is 1. The molecule has 1 aromatic carbocycles. The second-order valence-corrected chi connectivity index (χ2v) is 6.24. The molecule has 0 aliphatic rings. The Hall–Kier alpha value is -1.79. The van der Waals surface area contributed by atoms with E-state index in [-0.39, 0.29) is 16.6 Å². The van der Waals surface area contributed by atoms with E-state index >= 15 is 0 Å². The molecule has 0 spiro atoms. The van der Waals surface area contributed by atoms with Crippen LogP contribution in [-0.4, -0.2) is 10.9 Å². The van der Waals surface area contributed by atoms with Gasteiger partial charge in [0.1, 0.15) is 5.69 Å². The molecule has 8 heteroatoms. The van der Waals surface area contributed by atoms with Gasteiger partial charge in [-0.2, -0.15) is 13.2 Å². The zero-order chi connectivity index (χ0) is 18.1. The van der Waals surface area contributed by atoms with E-state index in [0.717, 1.165) is 5.56 Å². The lowest BCUT2D eigenvalue weighted by Gasteiger charge is -2.15. The summed E-state index contributed by atoms with van der Waals surface area (Å²) in [7, 11) is 0. The number of nitrogens with one attached hydrogen (secondary N) is 1. The van der Waals surface area contributed by atoms with Crippen LogP contribution in [0.2, 0.25) is 10.0 Å². The van der Waals surface area contributed by atoms with Gasteiger partial charge in [0.15, 0.2) is 0 Å². The fourth-order valence-corrected chi connectivity index (χ4v) is 2.50. The quantitative estimate of drug-likeness (QED) is 0.737. The Labute approximate surface area is 146 Å². The largest absolute Gasteiger partial charge is 0.417 e. The minimum absolute atomic E-state index is 0.0787. The Bertz CT molecular complexity index is 776. The molecule has 0 saturated heterocycles. The van der Waals surface area contributed by atoms with Gasteiger partial charge in [-0.05, 0) is 35.7 Å². The first-order chi connectivity index (χ1) is 11.1. The average molecular weight is 377 g/mol. The molecular weight excluding hydrogens is 364 g/mol. The number of hydrogen-bond donors (Lipinski definition) is 1. The molecule has 2 rings (SSSR count). The predicted molar refractivity (Wildman–Crippen MR) is 87.7 cm³/mol. The number of carbonyl (C=O) groups excluding carboxylic acids is 1. The lowest BCUT2D eigenvalue weighted by atomic mass is 10.0. The molecule has 0 aliphatic heterocycles. The van der Waals surface area contributed by atoms with Crippen molar-refractivity contribution >= 4 is 34.8 Å². The topological polar surface area (TPSA) is 42.0 Å². The smallest absolute Gasteiger partial charge is 0.320 e. The molecule has 128 valence electrons. The molecule has 0 atom stereocenters. The van der Waals surface area contributed by atoms with Crippen LogP contribution in [-0.2, 0) is 6.18 Å². The first-order valence-electron chi connectivity index (χ1n) is 6.93. The number of hydrogen-bond acceptors (Lipinski definition) is 2. The third kappa shape index (κ3) is 4.19. The van der Waals surface area contributed by atoms with Crippen LogP contribution in [0.5, 0.6) is 0 Å². The van der Waals surface area contributed by atoms with Crippen LogP contribution in [0, 0.1) is 0 Å². The lowest BCUT2D eigenvalue weighted by molar-refractivity contribution is -0.137. The standard InChI is InChI=1S/C16H13Cl2F3N2O/c1-8(2)11-6-10(17)3-4-13(11)23-15(24)14-12(18)5-9(7-22-14)16(19,20)21/h3-8H,1-2H3,(H,23,24). The maximum absolute atomic E-state index is 12.6. The Kier molecular flexibility index (Phi) is 5.40. The molecule has 1 aromatic heterocycles. The third-order valence-electron chi connectivity index (χ3n) is 3.27. The summed E-state index contributed by atoms with van der Waals surface area (Å²) in [5.41, 5.74) is -0.0104. The molecule has 0 unspecified atom stereocenters. The van der Waals surface area contributed by atoms with Crippen molar-refractivity contribution in [3.05, 3.63) is 57.3 Å². The van der Waals surface area contributed by atoms with Gasteiger partial charge in [0.05, 0.1) is 10.6 Å². The van der Waals surface area contributed by atoms with Crippen molar-refractivity contribution < 1.29 is 18.0 Å². The Morgan fingerprint density at radius 1 is 1.21 bits per heavy atom. The molecule has 0 radical (unpaired) electrons. The van der Waals surface area contributed by atoms with E-state index in [1.54, 1.807) is 18.2 Å². The van der Waals surface area contributed by atoms with E-state index < -0.39 is 17.6 Å². The Morgan fingerprint density at radius 3 is 2.42 bits per heavy atom. The fourth-order valence-electron chi connectivity index (χ4n) is 2.07. The van der Waals surface area contributed by atoms with Gasteiger partial charge in [-0.15, -0.1) is 0 Å².